The molecule has 1 nitrogen and oxygen atoms in total. The van der Waals surface area contributed by atoms with Gasteiger partial charge in [0.2, 0.25) is 0 Å². The fraction of sp³-hybridized carbons (Fsp3) is 0.143. The van der Waals surface area contributed by atoms with Crippen molar-refractivity contribution in [1.82, 2.24) is 5.32 Å². The maximum atomic E-state index is 3.52. The van der Waals surface area contributed by atoms with Gasteiger partial charge in [0.05, 0.1) is 0 Å². The van der Waals surface area contributed by atoms with Crippen molar-refractivity contribution in [2.24, 2.45) is 0 Å². The van der Waals surface area contributed by atoms with Gasteiger partial charge in [0.25, 0.3) is 0 Å². The van der Waals surface area contributed by atoms with E-state index in [2.05, 4.69) is 11.9 Å². The van der Waals surface area contributed by atoms with E-state index in [4.69, 9.17) is 0 Å². The Labute approximate surface area is 50.4 Å². The minimum atomic E-state index is 1.74. The minimum absolute atomic E-state index is 1.74. The Morgan fingerprint density at radius 3 is 2.50 bits per heavy atom. The first-order valence-electron chi connectivity index (χ1n) is 2.53. The van der Waals surface area contributed by atoms with Crippen molar-refractivity contribution in [2.45, 2.75) is 0 Å². The van der Waals surface area contributed by atoms with Gasteiger partial charge in [0.1, 0.15) is 0 Å². The molecule has 44 valence electrons. The Morgan fingerprint density at radius 1 is 1.25 bits per heavy atom. The summed E-state index contributed by atoms with van der Waals surface area (Å²) in [5.74, 6) is 0. The molecule has 0 rings (SSSR count). The molecule has 0 bridgehead atoms. The van der Waals surface area contributed by atoms with E-state index in [0.717, 1.165) is 0 Å². The van der Waals surface area contributed by atoms with Crippen LogP contribution in [0.5, 0.6) is 0 Å². The minimum Gasteiger partial charge on any atom is -0.394 e. The summed E-state index contributed by atoms with van der Waals surface area (Å²) in [6.45, 7) is 3.52. The summed E-state index contributed by atoms with van der Waals surface area (Å²) in [6, 6.07) is 0. The van der Waals surface area contributed by atoms with E-state index in [9.17, 15) is 0 Å². The van der Waals surface area contributed by atoms with E-state index in [0.29, 0.717) is 0 Å². The smallest absolute Gasteiger partial charge is 0.00277 e. The van der Waals surface area contributed by atoms with Gasteiger partial charge in [-0.15, -0.1) is 0 Å². The van der Waals surface area contributed by atoms with Crippen LogP contribution in [0.15, 0.2) is 37.1 Å². The van der Waals surface area contributed by atoms with Crippen LogP contribution < -0.4 is 5.32 Å². The Morgan fingerprint density at radius 2 is 2.00 bits per heavy atom. The van der Waals surface area contributed by atoms with E-state index >= 15 is 0 Å². The molecule has 0 aromatic rings. The first-order chi connectivity index (χ1) is 3.91. The Balaban J connectivity index is 3.26. The average molecular weight is 109 g/mol. The number of hydrogen-bond donors (Lipinski definition) is 1. The van der Waals surface area contributed by atoms with Gasteiger partial charge in [-0.25, -0.2) is 0 Å². The van der Waals surface area contributed by atoms with Gasteiger partial charge in [-0.2, -0.15) is 0 Å². The Hall–Kier alpha value is -0.980. The molecule has 0 aromatic heterocycles. The van der Waals surface area contributed by atoms with Crippen molar-refractivity contribution >= 4 is 0 Å². The van der Waals surface area contributed by atoms with E-state index in [1.165, 1.54) is 0 Å². The van der Waals surface area contributed by atoms with Crippen LogP contribution in [-0.2, 0) is 0 Å². The van der Waals surface area contributed by atoms with Crippen LogP contribution in [0.25, 0.3) is 0 Å². The van der Waals surface area contributed by atoms with Crippen LogP contribution in [0.4, 0.5) is 0 Å². The van der Waals surface area contributed by atoms with Crippen molar-refractivity contribution in [3.63, 3.8) is 0 Å². The number of rotatable bonds is 3. The molecular formula is C7H11N. The van der Waals surface area contributed by atoms with Crippen molar-refractivity contribution in [2.75, 3.05) is 7.05 Å². The lowest BCUT2D eigenvalue weighted by Gasteiger charge is -1.77. The molecule has 0 fully saturated rings. The summed E-state index contributed by atoms with van der Waals surface area (Å²) < 4.78 is 0. The molecule has 0 spiro atoms. The summed E-state index contributed by atoms with van der Waals surface area (Å²) in [5, 5.41) is 2.86. The van der Waals surface area contributed by atoms with Crippen LogP contribution in [-0.4, -0.2) is 7.05 Å². The molecule has 0 atom stereocenters. The third-order valence-corrected chi connectivity index (χ3v) is 0.621. The standard InChI is InChI=1S/C7H11N/c1-3-4-5-6-7-8-2/h3-8H,1H2,2H3. The highest BCUT2D eigenvalue weighted by atomic mass is 14.8. The lowest BCUT2D eigenvalue weighted by Crippen LogP contribution is -1.89. The van der Waals surface area contributed by atoms with Crippen LogP contribution >= 0.6 is 0 Å². The van der Waals surface area contributed by atoms with Crippen molar-refractivity contribution in [3.8, 4) is 0 Å². The predicted octanol–water partition coefficient (Wildman–Crippen LogP) is 1.46. The summed E-state index contributed by atoms with van der Waals surface area (Å²) in [6.07, 6.45) is 9.26. The largest absolute Gasteiger partial charge is 0.394 e. The van der Waals surface area contributed by atoms with Crippen LogP contribution in [0, 0.1) is 0 Å². The molecule has 0 heterocycles. The Bertz CT molecular complexity index is 101. The third kappa shape index (κ3) is 5.02. The zero-order valence-corrected chi connectivity index (χ0v) is 5.09. The van der Waals surface area contributed by atoms with Gasteiger partial charge in [-0.1, -0.05) is 24.8 Å². The summed E-state index contributed by atoms with van der Waals surface area (Å²) in [5.41, 5.74) is 0. The second-order valence-electron chi connectivity index (χ2n) is 1.27. The molecule has 0 radical (unpaired) electrons. The van der Waals surface area contributed by atoms with Crippen molar-refractivity contribution in [1.29, 1.82) is 0 Å². The van der Waals surface area contributed by atoms with E-state index in [1.54, 1.807) is 6.08 Å². The van der Waals surface area contributed by atoms with Gasteiger partial charge in [-0.05, 0) is 12.3 Å². The number of nitrogens with one attached hydrogen (secondary N) is 1. The fourth-order valence-electron chi connectivity index (χ4n) is 0.294. The first-order valence-corrected chi connectivity index (χ1v) is 2.53. The molecule has 0 aliphatic rings. The molecule has 0 saturated heterocycles. The maximum absolute atomic E-state index is 3.52. The molecular weight excluding hydrogens is 98.1 g/mol. The molecule has 0 aliphatic carbocycles. The van der Waals surface area contributed by atoms with E-state index in [1.807, 2.05) is 31.5 Å². The van der Waals surface area contributed by atoms with E-state index < -0.39 is 0 Å². The monoisotopic (exact) mass is 109 g/mol. The highest BCUT2D eigenvalue weighted by Gasteiger charge is 1.56. The van der Waals surface area contributed by atoms with Gasteiger partial charge in [-0.3, -0.25) is 0 Å². The number of allylic oxidation sites excluding steroid dienone is 4. The van der Waals surface area contributed by atoms with E-state index in [-0.39, 0.29) is 0 Å². The molecule has 0 saturated carbocycles. The molecule has 0 aromatic carbocycles. The summed E-state index contributed by atoms with van der Waals surface area (Å²) >= 11 is 0. The second-order valence-corrected chi connectivity index (χ2v) is 1.27. The third-order valence-electron chi connectivity index (χ3n) is 0.621. The van der Waals surface area contributed by atoms with Gasteiger partial charge in [0, 0.05) is 7.05 Å². The maximum Gasteiger partial charge on any atom is 0.00277 e. The topological polar surface area (TPSA) is 12.0 Å². The highest BCUT2D eigenvalue weighted by Crippen LogP contribution is 1.73. The zero-order chi connectivity index (χ0) is 6.24. The molecule has 1 N–H and O–H groups in total. The van der Waals surface area contributed by atoms with Crippen LogP contribution in [0.1, 0.15) is 0 Å². The fourth-order valence-corrected chi connectivity index (χ4v) is 0.294. The average Bonchev–Trinajstić information content (AvgIpc) is 1.81. The van der Waals surface area contributed by atoms with Gasteiger partial charge < -0.3 is 5.32 Å². The summed E-state index contributed by atoms with van der Waals surface area (Å²) in [4.78, 5) is 0. The normalized spacial score (nSPS) is 10.6. The molecule has 0 amide bonds. The number of hydrogen-bond acceptors (Lipinski definition) is 1. The first kappa shape index (κ1) is 7.02. The van der Waals surface area contributed by atoms with Crippen molar-refractivity contribution < 1.29 is 0 Å². The predicted molar refractivity (Wildman–Crippen MR) is 37.5 cm³/mol. The Kier molecular flexibility index (Phi) is 5.28. The molecule has 1 heteroatoms. The molecule has 8 heavy (non-hydrogen) atoms. The second kappa shape index (κ2) is 6.02. The van der Waals surface area contributed by atoms with Crippen molar-refractivity contribution in [3.05, 3.63) is 37.1 Å². The van der Waals surface area contributed by atoms with Crippen LogP contribution in [0.3, 0.4) is 0 Å². The SMILES string of the molecule is C=CC=CC=CNC. The van der Waals surface area contributed by atoms with Gasteiger partial charge in [0.15, 0.2) is 0 Å². The lowest BCUT2D eigenvalue weighted by molar-refractivity contribution is 1.10. The molecule has 0 unspecified atom stereocenters. The zero-order valence-electron chi connectivity index (χ0n) is 5.09. The molecule has 0 aliphatic heterocycles. The van der Waals surface area contributed by atoms with Crippen LogP contribution in [0.2, 0.25) is 0 Å². The summed E-state index contributed by atoms with van der Waals surface area (Å²) in [7, 11) is 1.86. The highest BCUT2D eigenvalue weighted by molar-refractivity contribution is 5.07. The van der Waals surface area contributed by atoms with Gasteiger partial charge >= 0.3 is 0 Å². The quantitative estimate of drug-likeness (QED) is 0.541. The lowest BCUT2D eigenvalue weighted by atomic mass is 10.5.